The highest BCUT2D eigenvalue weighted by Crippen LogP contribution is 2.14. The molecule has 0 amide bonds. The zero-order valence-corrected chi connectivity index (χ0v) is 10.4. The molecular weight excluding hydrogens is 252 g/mol. The van der Waals surface area contributed by atoms with Crippen molar-refractivity contribution in [1.82, 2.24) is 0 Å². The molecule has 1 aromatic rings. The van der Waals surface area contributed by atoms with Gasteiger partial charge in [0.25, 0.3) is 0 Å². The molecule has 0 saturated heterocycles. The van der Waals surface area contributed by atoms with Crippen LogP contribution >= 0.6 is 0 Å². The highest BCUT2D eigenvalue weighted by atomic mass is 16.5. The van der Waals surface area contributed by atoms with E-state index < -0.39 is 17.9 Å². The van der Waals surface area contributed by atoms with Crippen molar-refractivity contribution in [3.63, 3.8) is 0 Å². The molecule has 0 saturated carbocycles. The van der Waals surface area contributed by atoms with E-state index in [9.17, 15) is 14.4 Å². The summed E-state index contributed by atoms with van der Waals surface area (Å²) < 4.78 is 4.80. The van der Waals surface area contributed by atoms with Crippen LogP contribution in [0.3, 0.4) is 0 Å². The van der Waals surface area contributed by atoms with Gasteiger partial charge in [0.15, 0.2) is 0 Å². The maximum atomic E-state index is 11.6. The molecule has 102 valence electrons. The van der Waals surface area contributed by atoms with Crippen LogP contribution < -0.4 is 0 Å². The summed E-state index contributed by atoms with van der Waals surface area (Å²) in [4.78, 5) is 33.0. The first kappa shape index (κ1) is 14.7. The van der Waals surface area contributed by atoms with Crippen molar-refractivity contribution in [2.45, 2.75) is 19.8 Å². The Bertz CT molecular complexity index is 506. The van der Waals surface area contributed by atoms with Gasteiger partial charge in [0.2, 0.25) is 0 Å². The summed E-state index contributed by atoms with van der Waals surface area (Å²) in [5.41, 5.74) is 0.526. The third-order valence-electron chi connectivity index (χ3n) is 2.38. The van der Waals surface area contributed by atoms with Crippen molar-refractivity contribution < 1.29 is 29.3 Å². The Hall–Kier alpha value is -2.37. The van der Waals surface area contributed by atoms with Crippen molar-refractivity contribution in [1.29, 1.82) is 0 Å². The Morgan fingerprint density at radius 2 is 1.74 bits per heavy atom. The third kappa shape index (κ3) is 4.42. The fraction of sp³-hybridized carbons (Fsp3) is 0.308. The lowest BCUT2D eigenvalue weighted by molar-refractivity contribution is -0.136. The molecule has 0 aromatic heterocycles. The zero-order valence-electron chi connectivity index (χ0n) is 10.4. The minimum Gasteiger partial charge on any atom is -0.481 e. The van der Waals surface area contributed by atoms with E-state index in [0.29, 0.717) is 5.56 Å². The maximum Gasteiger partial charge on any atom is 0.338 e. The molecule has 0 heterocycles. The SMILES string of the molecule is CCOC(=O)c1cc(CCC(=O)O)cc(C(=O)O)c1. The quantitative estimate of drug-likeness (QED) is 0.758. The van der Waals surface area contributed by atoms with Crippen LogP contribution in [-0.4, -0.2) is 34.7 Å². The van der Waals surface area contributed by atoms with Crippen LogP contribution in [0.4, 0.5) is 0 Å². The fourth-order valence-corrected chi connectivity index (χ4v) is 1.54. The molecule has 2 N–H and O–H groups in total. The Balaban J connectivity index is 3.06. The number of ether oxygens (including phenoxy) is 1. The van der Waals surface area contributed by atoms with E-state index in [0.717, 1.165) is 0 Å². The number of aromatic carboxylic acids is 1. The van der Waals surface area contributed by atoms with Crippen LogP contribution in [0.1, 0.15) is 39.6 Å². The van der Waals surface area contributed by atoms with Gasteiger partial charge < -0.3 is 14.9 Å². The van der Waals surface area contributed by atoms with Crippen molar-refractivity contribution in [3.8, 4) is 0 Å². The second-order valence-electron chi connectivity index (χ2n) is 3.84. The Labute approximate surface area is 109 Å². The molecule has 1 rings (SSSR count). The summed E-state index contributed by atoms with van der Waals surface area (Å²) in [6, 6.07) is 4.02. The smallest absolute Gasteiger partial charge is 0.338 e. The van der Waals surface area contributed by atoms with Gasteiger partial charge in [-0.3, -0.25) is 4.79 Å². The lowest BCUT2D eigenvalue weighted by atomic mass is 10.0. The van der Waals surface area contributed by atoms with Crippen molar-refractivity contribution in [2.24, 2.45) is 0 Å². The van der Waals surface area contributed by atoms with Crippen molar-refractivity contribution >= 4 is 17.9 Å². The Morgan fingerprint density at radius 1 is 1.11 bits per heavy atom. The number of hydrogen-bond acceptors (Lipinski definition) is 4. The number of carbonyl (C=O) groups excluding carboxylic acids is 1. The largest absolute Gasteiger partial charge is 0.481 e. The first-order valence-corrected chi connectivity index (χ1v) is 5.70. The monoisotopic (exact) mass is 266 g/mol. The lowest BCUT2D eigenvalue weighted by Crippen LogP contribution is -2.09. The van der Waals surface area contributed by atoms with Gasteiger partial charge >= 0.3 is 17.9 Å². The summed E-state index contributed by atoms with van der Waals surface area (Å²) in [6.45, 7) is 1.82. The number of benzene rings is 1. The number of hydrogen-bond donors (Lipinski definition) is 2. The van der Waals surface area contributed by atoms with E-state index in [-0.39, 0.29) is 30.6 Å². The van der Waals surface area contributed by atoms with Gasteiger partial charge in [0.05, 0.1) is 17.7 Å². The van der Waals surface area contributed by atoms with Gasteiger partial charge in [-0.25, -0.2) is 9.59 Å². The molecule has 0 aliphatic carbocycles. The van der Waals surface area contributed by atoms with E-state index in [1.54, 1.807) is 6.92 Å². The first-order chi connectivity index (χ1) is 8.93. The van der Waals surface area contributed by atoms with E-state index >= 15 is 0 Å². The van der Waals surface area contributed by atoms with Crippen molar-refractivity contribution in [2.75, 3.05) is 6.61 Å². The van der Waals surface area contributed by atoms with E-state index in [2.05, 4.69) is 0 Å². The molecule has 1 aromatic carbocycles. The minimum absolute atomic E-state index is 0.0639. The predicted octanol–water partition coefficient (Wildman–Crippen LogP) is 1.58. The number of rotatable bonds is 6. The van der Waals surface area contributed by atoms with Crippen LogP contribution in [0.2, 0.25) is 0 Å². The molecule has 0 aliphatic rings. The van der Waals surface area contributed by atoms with Gasteiger partial charge in [0.1, 0.15) is 0 Å². The van der Waals surface area contributed by atoms with Crippen LogP contribution in [0.25, 0.3) is 0 Å². The molecule has 6 nitrogen and oxygen atoms in total. The average molecular weight is 266 g/mol. The second-order valence-corrected chi connectivity index (χ2v) is 3.84. The van der Waals surface area contributed by atoms with E-state index in [1.807, 2.05) is 0 Å². The average Bonchev–Trinajstić information content (AvgIpc) is 2.36. The highest BCUT2D eigenvalue weighted by molar-refractivity contribution is 5.95. The van der Waals surface area contributed by atoms with Crippen LogP contribution in [0, 0.1) is 0 Å². The second kappa shape index (κ2) is 6.53. The number of carbonyl (C=O) groups is 3. The number of aliphatic carboxylic acids is 1. The molecule has 0 atom stereocenters. The molecule has 0 aliphatic heterocycles. The summed E-state index contributed by atoms with van der Waals surface area (Å²) in [6.07, 6.45) is 0.0220. The molecule has 0 fully saturated rings. The summed E-state index contributed by atoms with van der Waals surface area (Å²) in [5.74, 6) is -2.79. The summed E-state index contributed by atoms with van der Waals surface area (Å²) in [5, 5.41) is 17.6. The van der Waals surface area contributed by atoms with Gasteiger partial charge in [-0.2, -0.15) is 0 Å². The summed E-state index contributed by atoms with van der Waals surface area (Å²) in [7, 11) is 0. The van der Waals surface area contributed by atoms with E-state index in [1.165, 1.54) is 18.2 Å². The molecule has 0 bridgehead atoms. The number of carboxylic acid groups (broad SMARTS) is 2. The number of esters is 1. The maximum absolute atomic E-state index is 11.6. The lowest BCUT2D eigenvalue weighted by Gasteiger charge is -2.06. The molecule has 0 spiro atoms. The third-order valence-corrected chi connectivity index (χ3v) is 2.38. The molecular formula is C13H14O6. The molecule has 0 unspecified atom stereocenters. The number of aryl methyl sites for hydroxylation is 1. The van der Waals surface area contributed by atoms with Gasteiger partial charge in [0, 0.05) is 6.42 Å². The zero-order chi connectivity index (χ0) is 14.4. The minimum atomic E-state index is -1.18. The van der Waals surface area contributed by atoms with Crippen molar-refractivity contribution in [3.05, 3.63) is 34.9 Å². The fourth-order valence-electron chi connectivity index (χ4n) is 1.54. The van der Waals surface area contributed by atoms with Gasteiger partial charge in [-0.1, -0.05) is 0 Å². The van der Waals surface area contributed by atoms with Crippen LogP contribution in [0.15, 0.2) is 18.2 Å². The van der Waals surface area contributed by atoms with Gasteiger partial charge in [-0.15, -0.1) is 0 Å². The first-order valence-electron chi connectivity index (χ1n) is 5.70. The standard InChI is InChI=1S/C13H14O6/c1-2-19-13(18)10-6-8(3-4-11(14)15)5-9(7-10)12(16)17/h5-7H,2-4H2,1H3,(H,14,15)(H,16,17). The van der Waals surface area contributed by atoms with Crippen LogP contribution in [0.5, 0.6) is 0 Å². The summed E-state index contributed by atoms with van der Waals surface area (Å²) >= 11 is 0. The normalized spacial score (nSPS) is 9.95. The van der Waals surface area contributed by atoms with Gasteiger partial charge in [-0.05, 0) is 37.1 Å². The van der Waals surface area contributed by atoms with E-state index in [4.69, 9.17) is 14.9 Å². The topological polar surface area (TPSA) is 101 Å². The Kier molecular flexibility index (Phi) is 5.05. The molecule has 19 heavy (non-hydrogen) atoms. The van der Waals surface area contributed by atoms with Crippen LogP contribution in [-0.2, 0) is 16.0 Å². The highest BCUT2D eigenvalue weighted by Gasteiger charge is 2.13. The molecule has 6 heteroatoms. The Morgan fingerprint density at radius 3 is 2.26 bits per heavy atom. The predicted molar refractivity (Wildman–Crippen MR) is 65.3 cm³/mol. The number of carboxylic acids is 2. The molecule has 0 radical (unpaired) electrons.